The molecule has 0 unspecified atom stereocenters. The van der Waals surface area contributed by atoms with E-state index in [4.69, 9.17) is 10.5 Å². The van der Waals surface area contributed by atoms with Crippen molar-refractivity contribution in [2.75, 3.05) is 7.11 Å². The van der Waals surface area contributed by atoms with Crippen LogP contribution in [0, 0.1) is 5.92 Å². The van der Waals surface area contributed by atoms with Crippen LogP contribution in [-0.4, -0.2) is 44.0 Å². The van der Waals surface area contributed by atoms with Crippen LogP contribution in [0.15, 0.2) is 53.9 Å². The van der Waals surface area contributed by atoms with Crippen LogP contribution in [-0.2, 0) is 4.79 Å². The van der Waals surface area contributed by atoms with Gasteiger partial charge in [0.1, 0.15) is 5.75 Å². The van der Waals surface area contributed by atoms with Gasteiger partial charge in [-0.2, -0.15) is 0 Å². The average Bonchev–Trinajstić information content (AvgIpc) is 3.15. The molecule has 0 fully saturated rings. The average molecular weight is 427 g/mol. The number of aromatic nitrogens is 4. The molecule has 0 spiro atoms. The summed E-state index contributed by atoms with van der Waals surface area (Å²) in [5.74, 6) is 0.757. The third-order valence-electron chi connectivity index (χ3n) is 4.25. The lowest BCUT2D eigenvalue weighted by molar-refractivity contribution is -0.120. The predicted molar refractivity (Wildman–Crippen MR) is 113 cm³/mol. The van der Waals surface area contributed by atoms with Gasteiger partial charge in [0.15, 0.2) is 11.0 Å². The van der Waals surface area contributed by atoms with Gasteiger partial charge in [-0.05, 0) is 42.3 Å². The lowest BCUT2D eigenvalue weighted by Crippen LogP contribution is -2.42. The fourth-order valence-corrected chi connectivity index (χ4v) is 3.85. The Kier molecular flexibility index (Phi) is 6.68. The number of urea groups is 1. The number of rotatable bonds is 7. The number of imide groups is 1. The summed E-state index contributed by atoms with van der Waals surface area (Å²) in [5, 5.41) is 10.7. The number of benzene rings is 1. The van der Waals surface area contributed by atoms with Gasteiger partial charge in [-0.1, -0.05) is 25.6 Å². The van der Waals surface area contributed by atoms with Gasteiger partial charge in [0.2, 0.25) is 5.91 Å². The molecule has 2 heterocycles. The number of carbonyl (C=O) groups excluding carboxylic acids is 2. The van der Waals surface area contributed by atoms with Gasteiger partial charge in [0.25, 0.3) is 0 Å². The zero-order valence-corrected chi connectivity index (χ0v) is 17.6. The van der Waals surface area contributed by atoms with Crippen molar-refractivity contribution < 1.29 is 14.3 Å². The Bertz CT molecular complexity index is 1020. The number of primary amides is 1. The number of nitrogens with zero attached hydrogens (tertiary/aromatic N) is 4. The number of pyridine rings is 1. The summed E-state index contributed by atoms with van der Waals surface area (Å²) >= 11 is 1.22. The molecule has 3 rings (SSSR count). The second-order valence-electron chi connectivity index (χ2n) is 6.71. The van der Waals surface area contributed by atoms with Crippen LogP contribution < -0.4 is 15.8 Å². The van der Waals surface area contributed by atoms with Crippen molar-refractivity contribution in [3.63, 3.8) is 0 Å². The summed E-state index contributed by atoms with van der Waals surface area (Å²) in [6.07, 6.45) is 3.35. The molecular weight excluding hydrogens is 404 g/mol. The standard InChI is InChI=1S/C20H22N6O3S/c1-12(2)16(18(27)23-19(21)28)30-20-25-24-17(13-8-10-22-11-9-13)26(20)14-4-6-15(29-3)7-5-14/h4-12,16H,1-3H3,(H3,21,23,27,28)/t16-/m0/s1. The van der Waals surface area contributed by atoms with E-state index < -0.39 is 17.2 Å². The number of hydrogen-bond acceptors (Lipinski definition) is 7. The van der Waals surface area contributed by atoms with Crippen molar-refractivity contribution in [3.8, 4) is 22.8 Å². The molecule has 0 aliphatic carbocycles. The van der Waals surface area contributed by atoms with E-state index in [2.05, 4.69) is 20.5 Å². The van der Waals surface area contributed by atoms with Crippen molar-refractivity contribution in [1.82, 2.24) is 25.1 Å². The SMILES string of the molecule is COc1ccc(-n2c(S[C@H](C(=O)NC(N)=O)C(C)C)nnc2-c2ccncc2)cc1. The van der Waals surface area contributed by atoms with E-state index in [9.17, 15) is 9.59 Å². The number of methoxy groups -OCH3 is 1. The molecule has 0 saturated carbocycles. The Labute approximate surface area is 178 Å². The van der Waals surface area contributed by atoms with Crippen molar-refractivity contribution in [2.24, 2.45) is 11.7 Å². The number of nitrogens with one attached hydrogen (secondary N) is 1. The third kappa shape index (κ3) is 4.77. The van der Waals surface area contributed by atoms with E-state index in [1.54, 1.807) is 19.5 Å². The minimum atomic E-state index is -0.889. The number of nitrogens with two attached hydrogens (primary N) is 1. The molecule has 3 N–H and O–H groups in total. The maximum Gasteiger partial charge on any atom is 0.318 e. The minimum absolute atomic E-state index is 0.0836. The Morgan fingerprint density at radius 1 is 1.10 bits per heavy atom. The summed E-state index contributed by atoms with van der Waals surface area (Å²) in [5.41, 5.74) is 6.74. The van der Waals surface area contributed by atoms with Crippen molar-refractivity contribution in [1.29, 1.82) is 0 Å². The van der Waals surface area contributed by atoms with Crippen LogP contribution in [0.25, 0.3) is 17.1 Å². The van der Waals surface area contributed by atoms with Crippen LogP contribution in [0.2, 0.25) is 0 Å². The Balaban J connectivity index is 2.06. The van der Waals surface area contributed by atoms with Gasteiger partial charge in [-0.25, -0.2) is 4.79 Å². The number of ether oxygens (including phenoxy) is 1. The first-order valence-corrected chi connectivity index (χ1v) is 10.1. The lowest BCUT2D eigenvalue weighted by atomic mass is 10.1. The second kappa shape index (κ2) is 9.40. The maximum atomic E-state index is 12.5. The van der Waals surface area contributed by atoms with Gasteiger partial charge in [0, 0.05) is 23.6 Å². The van der Waals surface area contributed by atoms with E-state index >= 15 is 0 Å². The molecule has 3 aromatic rings. The molecule has 9 nitrogen and oxygen atoms in total. The first kappa shape index (κ1) is 21.3. The zero-order valence-electron chi connectivity index (χ0n) is 16.8. The van der Waals surface area contributed by atoms with Crippen LogP contribution in [0.4, 0.5) is 4.79 Å². The summed E-state index contributed by atoms with van der Waals surface area (Å²) in [6.45, 7) is 3.77. The largest absolute Gasteiger partial charge is 0.497 e. The fourth-order valence-electron chi connectivity index (χ4n) is 2.80. The third-order valence-corrected chi connectivity index (χ3v) is 5.73. The van der Waals surface area contributed by atoms with Crippen LogP contribution >= 0.6 is 11.8 Å². The molecule has 10 heteroatoms. The highest BCUT2D eigenvalue weighted by Gasteiger charge is 2.28. The van der Waals surface area contributed by atoms with E-state index in [-0.39, 0.29) is 5.92 Å². The van der Waals surface area contributed by atoms with E-state index in [0.29, 0.717) is 16.7 Å². The van der Waals surface area contributed by atoms with Gasteiger partial charge in [-0.3, -0.25) is 19.7 Å². The minimum Gasteiger partial charge on any atom is -0.497 e. The van der Waals surface area contributed by atoms with Crippen LogP contribution in [0.1, 0.15) is 13.8 Å². The Hall–Kier alpha value is -3.40. The molecular formula is C20H22N6O3S. The number of thioether (sulfide) groups is 1. The van der Waals surface area contributed by atoms with E-state index in [1.165, 1.54) is 11.8 Å². The molecule has 0 radical (unpaired) electrons. The molecule has 1 atom stereocenters. The monoisotopic (exact) mass is 426 g/mol. The first-order valence-electron chi connectivity index (χ1n) is 9.18. The van der Waals surface area contributed by atoms with Gasteiger partial charge in [0.05, 0.1) is 12.4 Å². The Morgan fingerprint density at radius 2 is 1.77 bits per heavy atom. The molecule has 0 saturated heterocycles. The highest BCUT2D eigenvalue weighted by molar-refractivity contribution is 8.00. The summed E-state index contributed by atoms with van der Waals surface area (Å²) < 4.78 is 7.10. The van der Waals surface area contributed by atoms with Crippen LogP contribution in [0.3, 0.4) is 0 Å². The first-order chi connectivity index (χ1) is 14.4. The molecule has 156 valence electrons. The van der Waals surface area contributed by atoms with Gasteiger partial charge >= 0.3 is 6.03 Å². The molecule has 2 aromatic heterocycles. The number of hydrogen-bond donors (Lipinski definition) is 2. The number of amides is 3. The summed E-state index contributed by atoms with van der Waals surface area (Å²) in [4.78, 5) is 27.7. The highest BCUT2D eigenvalue weighted by atomic mass is 32.2. The quantitative estimate of drug-likeness (QED) is 0.556. The van der Waals surface area contributed by atoms with E-state index in [0.717, 1.165) is 11.3 Å². The fraction of sp³-hybridized carbons (Fsp3) is 0.250. The lowest BCUT2D eigenvalue weighted by Gasteiger charge is -2.19. The van der Waals surface area contributed by atoms with E-state index in [1.807, 2.05) is 54.8 Å². The van der Waals surface area contributed by atoms with Crippen molar-refractivity contribution >= 4 is 23.7 Å². The zero-order chi connectivity index (χ0) is 21.7. The van der Waals surface area contributed by atoms with Gasteiger partial charge < -0.3 is 10.5 Å². The molecule has 0 bridgehead atoms. The second-order valence-corrected chi connectivity index (χ2v) is 7.82. The smallest absolute Gasteiger partial charge is 0.318 e. The molecule has 0 aliphatic rings. The Morgan fingerprint density at radius 3 is 2.33 bits per heavy atom. The highest BCUT2D eigenvalue weighted by Crippen LogP contribution is 2.33. The molecule has 3 amide bonds. The van der Waals surface area contributed by atoms with Crippen molar-refractivity contribution in [2.45, 2.75) is 24.3 Å². The predicted octanol–water partition coefficient (Wildman–Crippen LogP) is 2.65. The van der Waals surface area contributed by atoms with Crippen molar-refractivity contribution in [3.05, 3.63) is 48.8 Å². The number of carbonyl (C=O) groups is 2. The maximum absolute atomic E-state index is 12.5. The van der Waals surface area contributed by atoms with Crippen LogP contribution in [0.5, 0.6) is 5.75 Å². The normalized spacial score (nSPS) is 11.9. The topological polar surface area (TPSA) is 125 Å². The molecule has 0 aliphatic heterocycles. The molecule has 30 heavy (non-hydrogen) atoms. The molecule has 1 aromatic carbocycles. The summed E-state index contributed by atoms with van der Waals surface area (Å²) in [6, 6.07) is 10.2. The van der Waals surface area contributed by atoms with Gasteiger partial charge in [-0.15, -0.1) is 10.2 Å². The summed E-state index contributed by atoms with van der Waals surface area (Å²) in [7, 11) is 1.60.